The smallest absolute Gasteiger partial charge is 0.111 e. The molecule has 2 fully saturated rings. The Morgan fingerprint density at radius 2 is 2.36 bits per heavy atom. The highest BCUT2D eigenvalue weighted by molar-refractivity contribution is 4.96. The predicted molar refractivity (Wildman–Crippen MR) is 39.7 cm³/mol. The summed E-state index contributed by atoms with van der Waals surface area (Å²) in [4.78, 5) is 2.18. The van der Waals surface area contributed by atoms with E-state index in [4.69, 9.17) is 10.00 Å². The molecule has 60 valence electrons. The van der Waals surface area contributed by atoms with E-state index >= 15 is 0 Å². The normalized spacial score (nSPS) is 38.1. The van der Waals surface area contributed by atoms with Crippen LogP contribution in [0.25, 0.3) is 0 Å². The van der Waals surface area contributed by atoms with E-state index in [1.807, 2.05) is 0 Å². The molecule has 0 spiro atoms. The minimum atomic E-state index is 0.122. The summed E-state index contributed by atoms with van der Waals surface area (Å²) in [7, 11) is 0. The van der Waals surface area contributed by atoms with Crippen LogP contribution in [-0.4, -0.2) is 30.3 Å². The van der Waals surface area contributed by atoms with E-state index < -0.39 is 0 Å². The highest BCUT2D eigenvalue weighted by atomic mass is 16.5. The summed E-state index contributed by atoms with van der Waals surface area (Å²) in [6.07, 6.45) is 3.53. The number of rotatable bonds is 0. The lowest BCUT2D eigenvalue weighted by molar-refractivity contribution is -0.00608. The Hall–Kier alpha value is -0.590. The van der Waals surface area contributed by atoms with Crippen molar-refractivity contribution in [1.29, 1.82) is 5.26 Å². The van der Waals surface area contributed by atoms with E-state index in [9.17, 15) is 0 Å². The van der Waals surface area contributed by atoms with Gasteiger partial charge in [0.05, 0.1) is 18.7 Å². The van der Waals surface area contributed by atoms with Crippen molar-refractivity contribution >= 4 is 0 Å². The highest BCUT2D eigenvalue weighted by Gasteiger charge is 2.34. The Morgan fingerprint density at radius 1 is 1.45 bits per heavy atom. The van der Waals surface area contributed by atoms with Crippen molar-refractivity contribution < 1.29 is 4.74 Å². The van der Waals surface area contributed by atoms with Crippen molar-refractivity contribution in [3.63, 3.8) is 0 Å². The maximum absolute atomic E-state index is 8.79. The molecule has 0 bridgehead atoms. The van der Waals surface area contributed by atoms with Crippen molar-refractivity contribution in [2.24, 2.45) is 0 Å². The van der Waals surface area contributed by atoms with Crippen LogP contribution in [-0.2, 0) is 4.74 Å². The summed E-state index contributed by atoms with van der Waals surface area (Å²) in [5.41, 5.74) is 0. The zero-order valence-electron chi connectivity index (χ0n) is 6.49. The third-order valence-electron chi connectivity index (χ3n) is 2.51. The van der Waals surface area contributed by atoms with Gasteiger partial charge < -0.3 is 4.74 Å². The molecule has 2 heterocycles. The van der Waals surface area contributed by atoms with E-state index in [1.165, 1.54) is 0 Å². The van der Waals surface area contributed by atoms with Gasteiger partial charge in [-0.25, -0.2) is 0 Å². The van der Waals surface area contributed by atoms with Gasteiger partial charge in [0.15, 0.2) is 0 Å². The minimum Gasteiger partial charge on any atom is -0.362 e. The Kier molecular flexibility index (Phi) is 1.80. The fraction of sp³-hybridized carbons (Fsp3) is 0.875. The second kappa shape index (κ2) is 2.80. The fourth-order valence-corrected chi connectivity index (χ4v) is 1.93. The Balaban J connectivity index is 2.08. The molecule has 3 nitrogen and oxygen atoms in total. The van der Waals surface area contributed by atoms with Crippen LogP contribution in [0, 0.1) is 11.3 Å². The lowest BCUT2D eigenvalue weighted by Gasteiger charge is -2.31. The van der Waals surface area contributed by atoms with Gasteiger partial charge in [-0.2, -0.15) is 5.26 Å². The first-order valence-electron chi connectivity index (χ1n) is 4.19. The first kappa shape index (κ1) is 7.08. The van der Waals surface area contributed by atoms with Crippen LogP contribution >= 0.6 is 0 Å². The Bertz CT molecular complexity index is 187. The van der Waals surface area contributed by atoms with Crippen LogP contribution in [0.1, 0.15) is 19.3 Å². The molecule has 2 unspecified atom stereocenters. The topological polar surface area (TPSA) is 36.3 Å². The van der Waals surface area contributed by atoms with Gasteiger partial charge in [0.2, 0.25) is 0 Å². The maximum Gasteiger partial charge on any atom is 0.111 e. The second-order valence-corrected chi connectivity index (χ2v) is 3.14. The standard InChI is InChI=1S/C8H12N2O/c9-6-7-2-1-3-8-10(7)4-5-11-8/h7-8H,1-5H2. The second-order valence-electron chi connectivity index (χ2n) is 3.14. The lowest BCUT2D eigenvalue weighted by Crippen LogP contribution is -2.42. The summed E-state index contributed by atoms with van der Waals surface area (Å²) in [5.74, 6) is 0. The first-order valence-corrected chi connectivity index (χ1v) is 4.19. The number of fused-ring (bicyclic) bond motifs is 1. The average Bonchev–Trinajstić information content (AvgIpc) is 2.50. The van der Waals surface area contributed by atoms with Crippen molar-refractivity contribution in [1.82, 2.24) is 4.90 Å². The molecule has 0 radical (unpaired) electrons. The van der Waals surface area contributed by atoms with Crippen LogP contribution in [0.15, 0.2) is 0 Å². The molecule has 0 aromatic carbocycles. The molecular formula is C8H12N2O. The number of hydrogen-bond acceptors (Lipinski definition) is 3. The molecule has 0 aromatic heterocycles. The molecule has 11 heavy (non-hydrogen) atoms. The van der Waals surface area contributed by atoms with E-state index in [0.717, 1.165) is 32.4 Å². The summed E-state index contributed by atoms with van der Waals surface area (Å²) in [6.45, 7) is 1.76. The van der Waals surface area contributed by atoms with Crippen molar-refractivity contribution in [2.75, 3.05) is 13.2 Å². The molecule has 2 rings (SSSR count). The van der Waals surface area contributed by atoms with E-state index in [1.54, 1.807) is 0 Å². The summed E-state index contributed by atoms with van der Waals surface area (Å²) >= 11 is 0. The minimum absolute atomic E-state index is 0.122. The predicted octanol–water partition coefficient (Wildman–Crippen LogP) is 0.721. The molecule has 0 saturated carbocycles. The molecule has 3 heteroatoms. The quantitative estimate of drug-likeness (QED) is 0.513. The third kappa shape index (κ3) is 1.13. The molecule has 2 saturated heterocycles. The number of ether oxygens (including phenoxy) is 1. The largest absolute Gasteiger partial charge is 0.362 e. The molecule has 2 aliphatic rings. The first-order chi connectivity index (χ1) is 5.42. The van der Waals surface area contributed by atoms with Crippen molar-refractivity contribution in [3.8, 4) is 6.07 Å². The van der Waals surface area contributed by atoms with E-state index in [2.05, 4.69) is 11.0 Å². The molecule has 0 aliphatic carbocycles. The summed E-state index contributed by atoms with van der Waals surface area (Å²) in [6, 6.07) is 2.44. The molecule has 0 aromatic rings. The zero-order valence-corrected chi connectivity index (χ0v) is 6.49. The van der Waals surface area contributed by atoms with Gasteiger partial charge in [0, 0.05) is 6.54 Å². The Morgan fingerprint density at radius 3 is 3.18 bits per heavy atom. The third-order valence-corrected chi connectivity index (χ3v) is 2.51. The van der Waals surface area contributed by atoms with Crippen LogP contribution in [0.4, 0.5) is 0 Å². The number of nitrogens with zero attached hydrogens (tertiary/aromatic N) is 2. The molecule has 0 amide bonds. The van der Waals surface area contributed by atoms with Crippen LogP contribution < -0.4 is 0 Å². The summed E-state index contributed by atoms with van der Waals surface area (Å²) in [5, 5.41) is 8.79. The molecule has 2 aliphatic heterocycles. The molecular weight excluding hydrogens is 140 g/mol. The van der Waals surface area contributed by atoms with Gasteiger partial charge in [0.25, 0.3) is 0 Å². The van der Waals surface area contributed by atoms with Gasteiger partial charge >= 0.3 is 0 Å². The average molecular weight is 152 g/mol. The van der Waals surface area contributed by atoms with Crippen LogP contribution in [0.2, 0.25) is 0 Å². The van der Waals surface area contributed by atoms with Gasteiger partial charge in [-0.1, -0.05) is 0 Å². The van der Waals surface area contributed by atoms with Crippen molar-refractivity contribution in [2.45, 2.75) is 31.5 Å². The van der Waals surface area contributed by atoms with Gasteiger partial charge in [-0.05, 0) is 19.3 Å². The van der Waals surface area contributed by atoms with Crippen LogP contribution in [0.5, 0.6) is 0 Å². The number of nitriles is 1. The molecule has 2 atom stereocenters. The fourth-order valence-electron chi connectivity index (χ4n) is 1.93. The number of piperidine rings is 1. The Labute approximate surface area is 66.5 Å². The van der Waals surface area contributed by atoms with Crippen LogP contribution in [0.3, 0.4) is 0 Å². The van der Waals surface area contributed by atoms with Crippen molar-refractivity contribution in [3.05, 3.63) is 0 Å². The van der Waals surface area contributed by atoms with E-state index in [-0.39, 0.29) is 12.3 Å². The van der Waals surface area contributed by atoms with Gasteiger partial charge in [0.1, 0.15) is 6.23 Å². The molecule has 0 N–H and O–H groups in total. The monoisotopic (exact) mass is 152 g/mol. The summed E-state index contributed by atoms with van der Waals surface area (Å²) < 4.78 is 5.46. The van der Waals surface area contributed by atoms with Gasteiger partial charge in [-0.15, -0.1) is 0 Å². The SMILES string of the molecule is N#CC1CCCC2OCCN12. The van der Waals surface area contributed by atoms with Gasteiger partial charge in [-0.3, -0.25) is 4.90 Å². The lowest BCUT2D eigenvalue weighted by atomic mass is 10.0. The highest BCUT2D eigenvalue weighted by Crippen LogP contribution is 2.26. The number of hydrogen-bond donors (Lipinski definition) is 0. The maximum atomic E-state index is 8.79. The zero-order chi connectivity index (χ0) is 7.68. The van der Waals surface area contributed by atoms with E-state index in [0.29, 0.717) is 0 Å².